The van der Waals surface area contributed by atoms with Gasteiger partial charge in [0, 0.05) is 5.39 Å². The smallest absolute Gasteiger partial charge is 0.113 e. The van der Waals surface area contributed by atoms with Crippen LogP contribution in [0.5, 0.6) is 0 Å². The van der Waals surface area contributed by atoms with Crippen LogP contribution >= 0.6 is 12.4 Å². The predicted molar refractivity (Wildman–Crippen MR) is 69.0 cm³/mol. The molecule has 84 valence electrons. The van der Waals surface area contributed by atoms with Crippen molar-refractivity contribution in [3.8, 4) is 0 Å². The normalized spacial score (nSPS) is 10.4. The topological polar surface area (TPSA) is 44.6 Å². The molecule has 0 aliphatic carbocycles. The van der Waals surface area contributed by atoms with Crippen LogP contribution in [0, 0.1) is 6.92 Å². The molecule has 2 aromatic rings. The fourth-order valence-electron chi connectivity index (χ4n) is 1.63. The summed E-state index contributed by atoms with van der Waals surface area (Å²) in [6.07, 6.45) is 1.27. The molecule has 2 N–H and O–H groups in total. The van der Waals surface area contributed by atoms with Gasteiger partial charge in [-0.3, -0.25) is 10.7 Å². The number of benzene rings is 2. The monoisotopic (exact) mass is 236 g/mol. The zero-order valence-corrected chi connectivity index (χ0v) is 9.66. The Kier molecular flexibility index (Phi) is 4.28. The lowest BCUT2D eigenvalue weighted by atomic mass is 10.1. The number of nitrogens with zero attached hydrogens (tertiary/aromatic N) is 1. The summed E-state index contributed by atoms with van der Waals surface area (Å²) in [6.45, 7) is 2.00. The molecule has 4 heteroatoms. The first-order chi connectivity index (χ1) is 7.33. The first kappa shape index (κ1) is 12.5. The SMILES string of the molecule is Cc1ccc2ccccc2c1N=CNO.Cl. The molecule has 2 aromatic carbocycles. The molecule has 16 heavy (non-hydrogen) atoms. The second-order valence-corrected chi connectivity index (χ2v) is 3.34. The maximum Gasteiger partial charge on any atom is 0.113 e. The molecule has 0 radical (unpaired) electrons. The minimum absolute atomic E-state index is 0. The molecule has 0 aromatic heterocycles. The summed E-state index contributed by atoms with van der Waals surface area (Å²) < 4.78 is 0. The van der Waals surface area contributed by atoms with E-state index in [1.54, 1.807) is 0 Å². The molecule has 0 atom stereocenters. The summed E-state index contributed by atoms with van der Waals surface area (Å²) >= 11 is 0. The van der Waals surface area contributed by atoms with Gasteiger partial charge < -0.3 is 0 Å². The number of aliphatic imine (C=N–C) groups is 1. The molecular formula is C12H13ClN2O. The second-order valence-electron chi connectivity index (χ2n) is 3.34. The average Bonchev–Trinajstić information content (AvgIpc) is 2.28. The largest absolute Gasteiger partial charge is 0.290 e. The maximum atomic E-state index is 8.49. The standard InChI is InChI=1S/C12H12N2O.ClH/c1-9-6-7-10-4-2-3-5-11(10)12(9)13-8-14-15;/h2-8,15H,1H3,(H,13,14);1H. The van der Waals surface area contributed by atoms with Gasteiger partial charge in [0.25, 0.3) is 0 Å². The number of halogens is 1. The van der Waals surface area contributed by atoms with E-state index in [-0.39, 0.29) is 12.4 Å². The van der Waals surface area contributed by atoms with E-state index < -0.39 is 0 Å². The fraction of sp³-hybridized carbons (Fsp3) is 0.0833. The van der Waals surface area contributed by atoms with Gasteiger partial charge in [0.05, 0.1) is 5.69 Å². The van der Waals surface area contributed by atoms with E-state index in [1.807, 2.05) is 42.7 Å². The van der Waals surface area contributed by atoms with Crippen molar-refractivity contribution in [1.82, 2.24) is 5.48 Å². The lowest BCUT2D eigenvalue weighted by Gasteiger charge is -2.04. The number of hydroxylamine groups is 1. The Bertz CT molecular complexity index is 511. The zero-order chi connectivity index (χ0) is 10.7. The Labute approximate surface area is 100 Å². The summed E-state index contributed by atoms with van der Waals surface area (Å²) in [7, 11) is 0. The van der Waals surface area contributed by atoms with Crippen LogP contribution in [0.4, 0.5) is 5.69 Å². The number of hydrogen-bond donors (Lipinski definition) is 2. The van der Waals surface area contributed by atoms with Crippen molar-refractivity contribution in [2.45, 2.75) is 6.92 Å². The van der Waals surface area contributed by atoms with Crippen molar-refractivity contribution >= 4 is 35.2 Å². The van der Waals surface area contributed by atoms with Crippen LogP contribution in [0.15, 0.2) is 41.4 Å². The van der Waals surface area contributed by atoms with Gasteiger partial charge in [-0.2, -0.15) is 0 Å². The molecule has 2 rings (SSSR count). The van der Waals surface area contributed by atoms with Crippen molar-refractivity contribution in [2.75, 3.05) is 0 Å². The Morgan fingerprint density at radius 3 is 2.69 bits per heavy atom. The van der Waals surface area contributed by atoms with Crippen molar-refractivity contribution in [2.24, 2.45) is 4.99 Å². The van der Waals surface area contributed by atoms with Crippen LogP contribution in [0.1, 0.15) is 5.56 Å². The third-order valence-electron chi connectivity index (χ3n) is 2.35. The van der Waals surface area contributed by atoms with Crippen LogP contribution < -0.4 is 5.48 Å². The van der Waals surface area contributed by atoms with E-state index in [0.717, 1.165) is 22.0 Å². The second kappa shape index (κ2) is 5.49. The summed E-state index contributed by atoms with van der Waals surface area (Å²) in [5, 5.41) is 10.7. The Morgan fingerprint density at radius 1 is 1.19 bits per heavy atom. The molecule has 0 bridgehead atoms. The Hall–Kier alpha value is -1.58. The molecular weight excluding hydrogens is 224 g/mol. The van der Waals surface area contributed by atoms with Gasteiger partial charge in [0.15, 0.2) is 0 Å². The molecule has 3 nitrogen and oxygen atoms in total. The van der Waals surface area contributed by atoms with Gasteiger partial charge in [0.2, 0.25) is 0 Å². The van der Waals surface area contributed by atoms with E-state index in [4.69, 9.17) is 5.21 Å². The van der Waals surface area contributed by atoms with Crippen LogP contribution in [-0.2, 0) is 0 Å². The minimum Gasteiger partial charge on any atom is -0.290 e. The molecule has 0 unspecified atom stereocenters. The molecule has 0 amide bonds. The van der Waals surface area contributed by atoms with E-state index in [2.05, 4.69) is 11.1 Å². The first-order valence-corrected chi connectivity index (χ1v) is 4.73. The van der Waals surface area contributed by atoms with E-state index in [1.165, 1.54) is 6.34 Å². The highest BCUT2D eigenvalue weighted by atomic mass is 35.5. The van der Waals surface area contributed by atoms with Gasteiger partial charge in [-0.25, -0.2) is 4.99 Å². The van der Waals surface area contributed by atoms with Gasteiger partial charge in [0.1, 0.15) is 6.34 Å². The number of aryl methyl sites for hydroxylation is 1. The average molecular weight is 237 g/mol. The summed E-state index contributed by atoms with van der Waals surface area (Å²) in [5.41, 5.74) is 3.88. The highest BCUT2D eigenvalue weighted by Crippen LogP contribution is 2.28. The molecule has 0 saturated heterocycles. The van der Waals surface area contributed by atoms with Crippen molar-refractivity contribution in [1.29, 1.82) is 0 Å². The number of fused-ring (bicyclic) bond motifs is 1. The lowest BCUT2D eigenvalue weighted by molar-refractivity contribution is 0.240. The van der Waals surface area contributed by atoms with Crippen LogP contribution in [0.2, 0.25) is 0 Å². The predicted octanol–water partition coefficient (Wildman–Crippen LogP) is 3.21. The first-order valence-electron chi connectivity index (χ1n) is 4.73. The van der Waals surface area contributed by atoms with Gasteiger partial charge in [-0.15, -0.1) is 12.4 Å². The Morgan fingerprint density at radius 2 is 1.94 bits per heavy atom. The van der Waals surface area contributed by atoms with Gasteiger partial charge in [-0.05, 0) is 17.9 Å². The molecule has 0 saturated carbocycles. The molecule has 0 heterocycles. The lowest BCUT2D eigenvalue weighted by Crippen LogP contribution is -2.01. The van der Waals surface area contributed by atoms with E-state index in [9.17, 15) is 0 Å². The third-order valence-corrected chi connectivity index (χ3v) is 2.35. The molecule has 0 aliphatic rings. The van der Waals surface area contributed by atoms with E-state index in [0.29, 0.717) is 0 Å². The third kappa shape index (κ3) is 2.32. The maximum absolute atomic E-state index is 8.49. The van der Waals surface area contributed by atoms with Crippen molar-refractivity contribution in [3.63, 3.8) is 0 Å². The molecule has 0 spiro atoms. The van der Waals surface area contributed by atoms with Crippen molar-refractivity contribution < 1.29 is 5.21 Å². The minimum atomic E-state index is 0. The van der Waals surface area contributed by atoms with Crippen LogP contribution in [0.25, 0.3) is 10.8 Å². The molecule has 0 aliphatic heterocycles. The molecule has 0 fully saturated rings. The zero-order valence-electron chi connectivity index (χ0n) is 8.84. The summed E-state index contributed by atoms with van der Waals surface area (Å²) in [6, 6.07) is 12.1. The number of rotatable bonds is 2. The van der Waals surface area contributed by atoms with Crippen LogP contribution in [0.3, 0.4) is 0 Å². The number of nitrogens with one attached hydrogen (secondary N) is 1. The van der Waals surface area contributed by atoms with Gasteiger partial charge in [-0.1, -0.05) is 36.4 Å². The summed E-state index contributed by atoms with van der Waals surface area (Å²) in [5.74, 6) is 0. The fourth-order valence-corrected chi connectivity index (χ4v) is 1.63. The van der Waals surface area contributed by atoms with Gasteiger partial charge >= 0.3 is 0 Å². The Balaban J connectivity index is 0.00000128. The highest BCUT2D eigenvalue weighted by molar-refractivity contribution is 5.95. The highest BCUT2D eigenvalue weighted by Gasteiger charge is 2.01. The van der Waals surface area contributed by atoms with Crippen LogP contribution in [-0.4, -0.2) is 11.5 Å². The van der Waals surface area contributed by atoms with E-state index >= 15 is 0 Å². The summed E-state index contributed by atoms with van der Waals surface area (Å²) in [4.78, 5) is 4.17. The number of hydrogen-bond acceptors (Lipinski definition) is 2. The quantitative estimate of drug-likeness (QED) is 0.478. The van der Waals surface area contributed by atoms with Crippen molar-refractivity contribution in [3.05, 3.63) is 42.0 Å².